The lowest BCUT2D eigenvalue weighted by Gasteiger charge is -2.18. The van der Waals surface area contributed by atoms with Crippen LogP contribution in [-0.2, 0) is 10.2 Å². The molecule has 0 spiro atoms. The predicted molar refractivity (Wildman–Crippen MR) is 50.0 cm³/mol. The van der Waals surface area contributed by atoms with Crippen LogP contribution in [0.15, 0.2) is 16.7 Å². The molecule has 0 bridgehead atoms. The van der Waals surface area contributed by atoms with Gasteiger partial charge in [0.1, 0.15) is 11.8 Å². The summed E-state index contributed by atoms with van der Waals surface area (Å²) in [4.78, 5) is 10.8. The van der Waals surface area contributed by atoms with Crippen LogP contribution in [0.2, 0.25) is 0 Å². The van der Waals surface area contributed by atoms with E-state index in [1.165, 1.54) is 0 Å². The second kappa shape index (κ2) is 2.85. The van der Waals surface area contributed by atoms with E-state index in [-0.39, 0.29) is 5.41 Å². The molecule has 0 amide bonds. The maximum atomic E-state index is 10.8. The van der Waals surface area contributed by atoms with Crippen molar-refractivity contribution in [3.63, 3.8) is 0 Å². The van der Waals surface area contributed by atoms with Crippen LogP contribution in [0, 0.1) is 6.92 Å². The molecule has 1 heterocycles. The fourth-order valence-electron chi connectivity index (χ4n) is 2.02. The normalized spacial score (nSPS) is 20.4. The predicted octanol–water partition coefficient (Wildman–Crippen LogP) is 1.03. The molecule has 0 aromatic carbocycles. The Morgan fingerprint density at radius 2 is 2.36 bits per heavy atom. The molecule has 1 saturated carbocycles. The summed E-state index contributed by atoms with van der Waals surface area (Å²) in [6.07, 6.45) is 3.25. The van der Waals surface area contributed by atoms with Crippen LogP contribution < -0.4 is 5.73 Å². The number of aryl methyl sites for hydroxylation is 1. The van der Waals surface area contributed by atoms with Crippen molar-refractivity contribution < 1.29 is 14.3 Å². The highest BCUT2D eigenvalue weighted by molar-refractivity contribution is 5.77. The molecule has 1 aromatic rings. The SMILES string of the molecule is Cc1occc1C1(C(N)C(=O)O)CC1. The summed E-state index contributed by atoms with van der Waals surface area (Å²) in [5.41, 5.74) is 6.25. The molecule has 1 unspecified atom stereocenters. The molecule has 2 rings (SSSR count). The minimum absolute atomic E-state index is 0.372. The monoisotopic (exact) mass is 195 g/mol. The van der Waals surface area contributed by atoms with E-state index in [1.807, 2.05) is 13.0 Å². The first kappa shape index (κ1) is 9.27. The van der Waals surface area contributed by atoms with Gasteiger partial charge >= 0.3 is 5.97 Å². The standard InChI is InChI=1S/C10H13NO3/c1-6-7(2-5-14-6)10(3-4-10)8(11)9(12)13/h2,5,8H,3-4,11H2,1H3,(H,12,13). The van der Waals surface area contributed by atoms with Gasteiger partial charge in [-0.05, 0) is 25.8 Å². The Morgan fingerprint density at radius 1 is 1.71 bits per heavy atom. The highest BCUT2D eigenvalue weighted by atomic mass is 16.4. The molecular weight excluding hydrogens is 182 g/mol. The van der Waals surface area contributed by atoms with E-state index in [0.29, 0.717) is 0 Å². The number of rotatable bonds is 3. The summed E-state index contributed by atoms with van der Waals surface area (Å²) in [5.74, 6) is -0.165. The number of hydrogen-bond acceptors (Lipinski definition) is 3. The molecule has 4 heteroatoms. The quantitative estimate of drug-likeness (QED) is 0.755. The van der Waals surface area contributed by atoms with Gasteiger partial charge in [-0.25, -0.2) is 0 Å². The molecular formula is C10H13NO3. The molecule has 76 valence electrons. The highest BCUT2D eigenvalue weighted by Crippen LogP contribution is 2.51. The maximum Gasteiger partial charge on any atom is 0.321 e. The van der Waals surface area contributed by atoms with Crippen molar-refractivity contribution in [2.45, 2.75) is 31.2 Å². The first-order chi connectivity index (χ1) is 6.58. The van der Waals surface area contributed by atoms with Crippen molar-refractivity contribution in [3.8, 4) is 0 Å². The van der Waals surface area contributed by atoms with Gasteiger partial charge in [-0.1, -0.05) is 0 Å². The first-order valence-corrected chi connectivity index (χ1v) is 4.61. The second-order valence-corrected chi connectivity index (χ2v) is 3.86. The van der Waals surface area contributed by atoms with Crippen LogP contribution in [0.4, 0.5) is 0 Å². The van der Waals surface area contributed by atoms with Crippen molar-refractivity contribution in [2.24, 2.45) is 5.73 Å². The summed E-state index contributed by atoms with van der Waals surface area (Å²) < 4.78 is 5.17. The fourth-order valence-corrected chi connectivity index (χ4v) is 2.02. The summed E-state index contributed by atoms with van der Waals surface area (Å²) in [6, 6.07) is 1.00. The maximum absolute atomic E-state index is 10.8. The Morgan fingerprint density at radius 3 is 2.71 bits per heavy atom. The molecule has 1 fully saturated rings. The van der Waals surface area contributed by atoms with E-state index in [4.69, 9.17) is 15.3 Å². The lowest BCUT2D eigenvalue weighted by molar-refractivity contribution is -0.139. The van der Waals surface area contributed by atoms with Gasteiger partial charge in [0.2, 0.25) is 0 Å². The van der Waals surface area contributed by atoms with E-state index < -0.39 is 12.0 Å². The number of nitrogens with two attached hydrogens (primary N) is 1. The molecule has 1 aliphatic carbocycles. The lowest BCUT2D eigenvalue weighted by atomic mass is 9.89. The van der Waals surface area contributed by atoms with E-state index in [0.717, 1.165) is 24.2 Å². The Kier molecular flexibility index (Phi) is 1.89. The second-order valence-electron chi connectivity index (χ2n) is 3.86. The smallest absolute Gasteiger partial charge is 0.321 e. The Bertz CT molecular complexity index is 365. The van der Waals surface area contributed by atoms with Crippen LogP contribution in [0.5, 0.6) is 0 Å². The third kappa shape index (κ3) is 1.14. The lowest BCUT2D eigenvalue weighted by Crippen LogP contribution is -2.42. The Labute approximate surface area is 81.7 Å². The van der Waals surface area contributed by atoms with Gasteiger partial charge in [0, 0.05) is 11.0 Å². The van der Waals surface area contributed by atoms with Crippen LogP contribution in [0.1, 0.15) is 24.2 Å². The van der Waals surface area contributed by atoms with Gasteiger partial charge in [0.05, 0.1) is 6.26 Å². The molecule has 1 atom stereocenters. The third-order valence-electron chi connectivity index (χ3n) is 3.05. The molecule has 4 nitrogen and oxygen atoms in total. The van der Waals surface area contributed by atoms with Crippen molar-refractivity contribution in [1.82, 2.24) is 0 Å². The molecule has 0 aliphatic heterocycles. The van der Waals surface area contributed by atoms with E-state index in [1.54, 1.807) is 6.26 Å². The van der Waals surface area contributed by atoms with Crippen LogP contribution in [0.3, 0.4) is 0 Å². The average molecular weight is 195 g/mol. The number of hydrogen-bond donors (Lipinski definition) is 2. The molecule has 3 N–H and O–H groups in total. The highest BCUT2D eigenvalue weighted by Gasteiger charge is 2.53. The minimum Gasteiger partial charge on any atom is -0.480 e. The molecule has 0 radical (unpaired) electrons. The van der Waals surface area contributed by atoms with E-state index in [2.05, 4.69) is 0 Å². The van der Waals surface area contributed by atoms with Gasteiger partial charge in [-0.15, -0.1) is 0 Å². The van der Waals surface area contributed by atoms with E-state index in [9.17, 15) is 4.79 Å². The zero-order chi connectivity index (χ0) is 10.3. The zero-order valence-corrected chi connectivity index (χ0v) is 7.99. The number of carbonyl (C=O) groups is 1. The van der Waals surface area contributed by atoms with Gasteiger partial charge < -0.3 is 15.3 Å². The van der Waals surface area contributed by atoms with Crippen LogP contribution >= 0.6 is 0 Å². The summed E-state index contributed by atoms with van der Waals surface area (Å²) >= 11 is 0. The number of furan rings is 1. The van der Waals surface area contributed by atoms with Gasteiger partial charge in [0.25, 0.3) is 0 Å². The third-order valence-corrected chi connectivity index (χ3v) is 3.05. The fraction of sp³-hybridized carbons (Fsp3) is 0.500. The Balaban J connectivity index is 2.34. The molecule has 0 saturated heterocycles. The summed E-state index contributed by atoms with van der Waals surface area (Å²) in [7, 11) is 0. The molecule has 1 aliphatic rings. The number of aliphatic carboxylic acids is 1. The van der Waals surface area contributed by atoms with Gasteiger partial charge in [-0.3, -0.25) is 4.79 Å². The Hall–Kier alpha value is -1.29. The van der Waals surface area contributed by atoms with Crippen molar-refractivity contribution in [3.05, 3.63) is 23.7 Å². The topological polar surface area (TPSA) is 76.5 Å². The van der Waals surface area contributed by atoms with Crippen molar-refractivity contribution in [2.75, 3.05) is 0 Å². The minimum atomic E-state index is -0.942. The average Bonchev–Trinajstić information content (AvgIpc) is 2.83. The van der Waals surface area contributed by atoms with Crippen molar-refractivity contribution >= 4 is 5.97 Å². The number of carboxylic acids is 1. The van der Waals surface area contributed by atoms with Crippen LogP contribution in [-0.4, -0.2) is 17.1 Å². The van der Waals surface area contributed by atoms with Crippen molar-refractivity contribution in [1.29, 1.82) is 0 Å². The largest absolute Gasteiger partial charge is 0.480 e. The first-order valence-electron chi connectivity index (χ1n) is 4.61. The van der Waals surface area contributed by atoms with Gasteiger partial charge in [-0.2, -0.15) is 0 Å². The van der Waals surface area contributed by atoms with Crippen LogP contribution in [0.25, 0.3) is 0 Å². The summed E-state index contributed by atoms with van der Waals surface area (Å²) in [6.45, 7) is 1.84. The summed E-state index contributed by atoms with van der Waals surface area (Å²) in [5, 5.41) is 8.89. The molecule has 1 aromatic heterocycles. The van der Waals surface area contributed by atoms with E-state index >= 15 is 0 Å². The van der Waals surface area contributed by atoms with Gasteiger partial charge in [0.15, 0.2) is 0 Å². The number of carboxylic acid groups (broad SMARTS) is 1. The zero-order valence-electron chi connectivity index (χ0n) is 7.99. The molecule has 14 heavy (non-hydrogen) atoms.